The van der Waals surface area contributed by atoms with Crippen LogP contribution < -0.4 is 0 Å². The minimum Gasteiger partial charge on any atom is -0.338 e. The Morgan fingerprint density at radius 2 is 1.92 bits per heavy atom. The van der Waals surface area contributed by atoms with Crippen molar-refractivity contribution in [2.75, 3.05) is 25.4 Å². The molecule has 5 rings (SSSR count). The zero-order chi connectivity index (χ0) is 26.1. The third-order valence-electron chi connectivity index (χ3n) is 6.67. The average Bonchev–Trinajstić information content (AvgIpc) is 3.19. The van der Waals surface area contributed by atoms with Crippen molar-refractivity contribution >= 4 is 57.2 Å². The summed E-state index contributed by atoms with van der Waals surface area (Å²) in [5.41, 5.74) is 3.52. The summed E-state index contributed by atoms with van der Waals surface area (Å²) >= 11 is 7.51. The fraction of sp³-hybridized carbons (Fsp3) is 0.370. The van der Waals surface area contributed by atoms with Crippen molar-refractivity contribution in [3.05, 3.63) is 59.1 Å². The van der Waals surface area contributed by atoms with Crippen molar-refractivity contribution in [1.82, 2.24) is 29.5 Å². The Labute approximate surface area is 225 Å². The number of thioether (sulfide) groups is 1. The Hall–Kier alpha value is -3.17. The first-order valence-electron chi connectivity index (χ1n) is 12.4. The number of para-hydroxylation sites is 1. The van der Waals surface area contributed by atoms with Crippen molar-refractivity contribution in [2.24, 2.45) is 5.92 Å². The Morgan fingerprint density at radius 1 is 1.11 bits per heavy atom. The van der Waals surface area contributed by atoms with Crippen LogP contribution in [0.5, 0.6) is 0 Å². The van der Waals surface area contributed by atoms with Gasteiger partial charge in [0.1, 0.15) is 5.52 Å². The third-order valence-corrected chi connectivity index (χ3v) is 7.72. The predicted octanol–water partition coefficient (Wildman–Crippen LogP) is 4.49. The fourth-order valence-corrected chi connectivity index (χ4v) is 5.69. The highest BCUT2D eigenvalue weighted by molar-refractivity contribution is 7.99. The first-order valence-corrected chi connectivity index (χ1v) is 13.8. The number of carbonyl (C=O) groups is 2. The summed E-state index contributed by atoms with van der Waals surface area (Å²) in [5, 5.41) is 10.9. The molecule has 8 nitrogen and oxygen atoms in total. The van der Waals surface area contributed by atoms with E-state index in [1.807, 2.05) is 79.1 Å². The maximum absolute atomic E-state index is 13.0. The minimum absolute atomic E-state index is 0.00550. The molecule has 2 amide bonds. The van der Waals surface area contributed by atoms with Crippen molar-refractivity contribution in [3.63, 3.8) is 0 Å². The Kier molecular flexibility index (Phi) is 7.35. The van der Waals surface area contributed by atoms with Gasteiger partial charge in [0.25, 0.3) is 0 Å². The second kappa shape index (κ2) is 10.7. The molecule has 0 N–H and O–H groups in total. The zero-order valence-electron chi connectivity index (χ0n) is 21.1. The van der Waals surface area contributed by atoms with Crippen LogP contribution in [0.2, 0.25) is 5.02 Å². The van der Waals surface area contributed by atoms with Crippen molar-refractivity contribution in [3.8, 4) is 0 Å². The topological polar surface area (TPSA) is 84.2 Å². The molecule has 1 unspecified atom stereocenters. The summed E-state index contributed by atoms with van der Waals surface area (Å²) < 4.78 is 2.11. The summed E-state index contributed by atoms with van der Waals surface area (Å²) in [6, 6.07) is 15.8. The van der Waals surface area contributed by atoms with E-state index in [9.17, 15) is 9.59 Å². The fourth-order valence-electron chi connectivity index (χ4n) is 4.79. The number of halogens is 1. The zero-order valence-corrected chi connectivity index (χ0v) is 22.7. The Bertz CT molecular complexity index is 1470. The highest BCUT2D eigenvalue weighted by Gasteiger charge is 2.30. The van der Waals surface area contributed by atoms with Gasteiger partial charge in [-0.1, -0.05) is 67.5 Å². The second-order valence-electron chi connectivity index (χ2n) is 9.66. The van der Waals surface area contributed by atoms with E-state index in [2.05, 4.69) is 14.8 Å². The van der Waals surface area contributed by atoms with Crippen LogP contribution >= 0.6 is 23.4 Å². The van der Waals surface area contributed by atoms with Gasteiger partial charge in [-0.05, 0) is 30.7 Å². The molecule has 1 aliphatic heterocycles. The van der Waals surface area contributed by atoms with Gasteiger partial charge in [0.2, 0.25) is 17.0 Å². The van der Waals surface area contributed by atoms with Gasteiger partial charge in [-0.15, -0.1) is 10.2 Å². The molecule has 2 aromatic heterocycles. The third kappa shape index (κ3) is 5.29. The van der Waals surface area contributed by atoms with Gasteiger partial charge in [0, 0.05) is 48.5 Å². The van der Waals surface area contributed by atoms with Crippen molar-refractivity contribution in [1.29, 1.82) is 0 Å². The number of rotatable bonds is 6. The molecule has 1 fully saturated rings. The van der Waals surface area contributed by atoms with Gasteiger partial charge in [0.05, 0.1) is 11.3 Å². The van der Waals surface area contributed by atoms with Gasteiger partial charge in [-0.25, -0.2) is 4.98 Å². The van der Waals surface area contributed by atoms with Gasteiger partial charge in [-0.3, -0.25) is 9.59 Å². The molecule has 2 aromatic carbocycles. The summed E-state index contributed by atoms with van der Waals surface area (Å²) in [7, 11) is 0. The standard InChI is InChI=1S/C27H29ClN6O2S/c1-17(2)26(36)33-12-11-32(14-18(33)3)23(35)16-37-27-29-25-24(30-31-27)21-9-4-5-10-22(21)34(25)15-19-7-6-8-20(28)13-19/h4-10,13,17-18H,11-12,14-16H2,1-3H3. The summed E-state index contributed by atoms with van der Waals surface area (Å²) in [4.78, 5) is 33.9. The van der Waals surface area contributed by atoms with Crippen LogP contribution in [0.4, 0.5) is 0 Å². The van der Waals surface area contributed by atoms with Crippen LogP contribution in [0.3, 0.4) is 0 Å². The van der Waals surface area contributed by atoms with Gasteiger partial charge in [-0.2, -0.15) is 0 Å². The van der Waals surface area contributed by atoms with Crippen LogP contribution in [-0.4, -0.2) is 72.8 Å². The van der Waals surface area contributed by atoms with E-state index < -0.39 is 0 Å². The highest BCUT2D eigenvalue weighted by atomic mass is 35.5. The number of nitrogens with zero attached hydrogens (tertiary/aromatic N) is 6. The maximum Gasteiger partial charge on any atom is 0.233 e. The largest absolute Gasteiger partial charge is 0.338 e. The molecule has 0 aliphatic carbocycles. The molecular formula is C27H29ClN6O2S. The van der Waals surface area contributed by atoms with Gasteiger partial charge < -0.3 is 14.4 Å². The number of piperazine rings is 1. The first-order chi connectivity index (χ1) is 17.8. The lowest BCUT2D eigenvalue weighted by atomic mass is 10.1. The quantitative estimate of drug-likeness (QED) is 0.338. The molecule has 1 saturated heterocycles. The summed E-state index contributed by atoms with van der Waals surface area (Å²) in [5.74, 6) is 0.313. The lowest BCUT2D eigenvalue weighted by Crippen LogP contribution is -2.56. The van der Waals surface area contributed by atoms with Crippen LogP contribution in [0.1, 0.15) is 26.3 Å². The monoisotopic (exact) mass is 536 g/mol. The van der Waals surface area contributed by atoms with Crippen molar-refractivity contribution < 1.29 is 9.59 Å². The number of hydrogen-bond donors (Lipinski definition) is 0. The lowest BCUT2D eigenvalue weighted by molar-refractivity contribution is -0.143. The molecule has 1 atom stereocenters. The van der Waals surface area contributed by atoms with E-state index in [-0.39, 0.29) is 29.5 Å². The Morgan fingerprint density at radius 3 is 2.68 bits per heavy atom. The van der Waals surface area contributed by atoms with Gasteiger partial charge >= 0.3 is 0 Å². The molecule has 0 radical (unpaired) electrons. The smallest absolute Gasteiger partial charge is 0.233 e. The van der Waals surface area contributed by atoms with E-state index >= 15 is 0 Å². The molecule has 0 spiro atoms. The van der Waals surface area contributed by atoms with Crippen LogP contribution in [0.25, 0.3) is 22.1 Å². The van der Waals surface area contributed by atoms with E-state index in [1.54, 1.807) is 0 Å². The van der Waals surface area contributed by atoms with E-state index in [0.717, 1.165) is 27.6 Å². The van der Waals surface area contributed by atoms with Crippen molar-refractivity contribution in [2.45, 2.75) is 38.5 Å². The number of fused-ring (bicyclic) bond motifs is 3. The normalized spacial score (nSPS) is 16.2. The molecule has 192 valence electrons. The number of carbonyl (C=O) groups excluding carboxylic acids is 2. The second-order valence-corrected chi connectivity index (χ2v) is 11.0. The number of hydrogen-bond acceptors (Lipinski definition) is 6. The molecule has 3 heterocycles. The molecule has 0 bridgehead atoms. The molecule has 10 heteroatoms. The van der Waals surface area contributed by atoms with Crippen LogP contribution in [0, 0.1) is 5.92 Å². The highest BCUT2D eigenvalue weighted by Crippen LogP contribution is 2.28. The predicted molar refractivity (Wildman–Crippen MR) is 147 cm³/mol. The SMILES string of the molecule is CC(C)C(=O)N1CCN(C(=O)CSc2nnc3c4ccccc4n(Cc4cccc(Cl)c4)c3n2)CC1C. The van der Waals surface area contributed by atoms with Crippen LogP contribution in [0.15, 0.2) is 53.7 Å². The average molecular weight is 537 g/mol. The van der Waals surface area contributed by atoms with Gasteiger partial charge in [0.15, 0.2) is 5.65 Å². The molecule has 4 aromatic rings. The minimum atomic E-state index is -0.0469. The maximum atomic E-state index is 13.0. The number of benzene rings is 2. The molecule has 37 heavy (non-hydrogen) atoms. The molecule has 0 saturated carbocycles. The summed E-state index contributed by atoms with van der Waals surface area (Å²) in [6.45, 7) is 8.02. The van der Waals surface area contributed by atoms with E-state index in [0.29, 0.717) is 36.4 Å². The van der Waals surface area contributed by atoms with E-state index in [4.69, 9.17) is 16.6 Å². The first kappa shape index (κ1) is 25.5. The molecular weight excluding hydrogens is 508 g/mol. The molecule has 1 aliphatic rings. The van der Waals surface area contributed by atoms with E-state index in [1.165, 1.54) is 11.8 Å². The number of aromatic nitrogens is 4. The number of amides is 2. The van der Waals surface area contributed by atoms with Crippen LogP contribution in [-0.2, 0) is 16.1 Å². The summed E-state index contributed by atoms with van der Waals surface area (Å²) in [6.07, 6.45) is 0. The lowest BCUT2D eigenvalue weighted by Gasteiger charge is -2.40. The Balaban J connectivity index is 1.34.